The maximum Gasteiger partial charge on any atom is 0.303 e. The zero-order chi connectivity index (χ0) is 12.8. The summed E-state index contributed by atoms with van der Waals surface area (Å²) in [5.74, 6) is -1.19. The van der Waals surface area contributed by atoms with Crippen molar-refractivity contribution < 1.29 is 14.7 Å². The molecule has 6 nitrogen and oxygen atoms in total. The van der Waals surface area contributed by atoms with E-state index in [4.69, 9.17) is 16.6 Å². The predicted molar refractivity (Wildman–Crippen MR) is 63.2 cm³/mol. The van der Waals surface area contributed by atoms with Gasteiger partial charge in [-0.05, 0) is 32.1 Å². The Balaban J connectivity index is 2.25. The topological polar surface area (TPSA) is 118 Å². The van der Waals surface area contributed by atoms with Crippen molar-refractivity contribution in [3.8, 4) is 0 Å². The molecule has 0 aliphatic heterocycles. The molecule has 0 aromatic heterocycles. The summed E-state index contributed by atoms with van der Waals surface area (Å²) in [5.41, 5.74) is 11.4. The third kappa shape index (κ3) is 5.14. The van der Waals surface area contributed by atoms with Gasteiger partial charge in [0.15, 0.2) is 0 Å². The summed E-state index contributed by atoms with van der Waals surface area (Å²) in [7, 11) is 0. The molecule has 0 bridgehead atoms. The van der Waals surface area contributed by atoms with Crippen molar-refractivity contribution in [3.63, 3.8) is 0 Å². The lowest BCUT2D eigenvalue weighted by Gasteiger charge is -2.27. The quantitative estimate of drug-likeness (QED) is 0.522. The second-order valence-electron chi connectivity index (χ2n) is 4.66. The van der Waals surface area contributed by atoms with E-state index in [0.717, 1.165) is 25.7 Å². The van der Waals surface area contributed by atoms with E-state index in [2.05, 4.69) is 5.32 Å². The number of nitrogens with one attached hydrogen (secondary N) is 1. The van der Waals surface area contributed by atoms with Gasteiger partial charge < -0.3 is 21.9 Å². The highest BCUT2D eigenvalue weighted by Gasteiger charge is 2.22. The number of aliphatic carboxylic acids is 1. The molecule has 0 heterocycles. The number of carbonyl (C=O) groups excluding carboxylic acids is 1. The Hall–Kier alpha value is -1.14. The van der Waals surface area contributed by atoms with Crippen LogP contribution in [0.25, 0.3) is 0 Å². The molecule has 1 rings (SSSR count). The molecular formula is C11H21N3O3. The number of carboxylic acids is 1. The van der Waals surface area contributed by atoms with Gasteiger partial charge in [-0.3, -0.25) is 9.59 Å². The highest BCUT2D eigenvalue weighted by atomic mass is 16.4. The van der Waals surface area contributed by atoms with Gasteiger partial charge in [-0.1, -0.05) is 0 Å². The van der Waals surface area contributed by atoms with Crippen LogP contribution < -0.4 is 16.8 Å². The van der Waals surface area contributed by atoms with Crippen LogP contribution in [0.5, 0.6) is 0 Å². The van der Waals surface area contributed by atoms with Gasteiger partial charge in [-0.15, -0.1) is 0 Å². The fraction of sp³-hybridized carbons (Fsp3) is 0.818. The molecule has 1 unspecified atom stereocenters. The first-order valence-corrected chi connectivity index (χ1v) is 6.02. The van der Waals surface area contributed by atoms with Crippen molar-refractivity contribution in [1.82, 2.24) is 5.32 Å². The minimum atomic E-state index is -0.933. The molecule has 6 heteroatoms. The van der Waals surface area contributed by atoms with E-state index in [0.29, 0.717) is 0 Å². The van der Waals surface area contributed by atoms with Crippen molar-refractivity contribution in [2.75, 3.05) is 0 Å². The van der Waals surface area contributed by atoms with Crippen LogP contribution in [0.1, 0.15) is 38.5 Å². The van der Waals surface area contributed by atoms with Crippen LogP contribution in [0.15, 0.2) is 0 Å². The predicted octanol–water partition coefficient (Wildman–Crippen LogP) is -0.435. The van der Waals surface area contributed by atoms with E-state index in [1.807, 2.05) is 0 Å². The van der Waals surface area contributed by atoms with Crippen LogP contribution in [-0.2, 0) is 9.59 Å². The molecule has 1 atom stereocenters. The van der Waals surface area contributed by atoms with Gasteiger partial charge in [0.1, 0.15) is 0 Å². The first-order valence-electron chi connectivity index (χ1n) is 6.02. The van der Waals surface area contributed by atoms with Crippen molar-refractivity contribution in [3.05, 3.63) is 0 Å². The van der Waals surface area contributed by atoms with Gasteiger partial charge in [0.2, 0.25) is 5.91 Å². The lowest BCUT2D eigenvalue weighted by molar-refractivity contribution is -0.137. The van der Waals surface area contributed by atoms with Crippen molar-refractivity contribution in [1.29, 1.82) is 0 Å². The molecule has 0 radical (unpaired) electrons. The number of hydrogen-bond donors (Lipinski definition) is 4. The zero-order valence-electron chi connectivity index (χ0n) is 9.89. The van der Waals surface area contributed by atoms with Crippen LogP contribution in [0.3, 0.4) is 0 Å². The summed E-state index contributed by atoms with van der Waals surface area (Å²) in [6, 6.07) is -0.358. The maximum absolute atomic E-state index is 11.6. The summed E-state index contributed by atoms with van der Waals surface area (Å²) in [4.78, 5) is 22.0. The normalized spacial score (nSPS) is 26.2. The van der Waals surface area contributed by atoms with Crippen LogP contribution in [-0.4, -0.2) is 35.1 Å². The van der Waals surface area contributed by atoms with E-state index >= 15 is 0 Å². The van der Waals surface area contributed by atoms with Crippen LogP contribution in [0.4, 0.5) is 0 Å². The Labute approximate surface area is 101 Å². The van der Waals surface area contributed by atoms with Crippen LogP contribution in [0, 0.1) is 0 Å². The van der Waals surface area contributed by atoms with E-state index in [9.17, 15) is 9.59 Å². The van der Waals surface area contributed by atoms with E-state index < -0.39 is 12.0 Å². The molecule has 6 N–H and O–H groups in total. The molecule has 0 aromatic rings. The monoisotopic (exact) mass is 243 g/mol. The Bertz CT molecular complexity index is 275. The minimum absolute atomic E-state index is 0.0792. The van der Waals surface area contributed by atoms with E-state index in [-0.39, 0.29) is 30.8 Å². The second kappa shape index (κ2) is 6.56. The minimum Gasteiger partial charge on any atom is -0.481 e. The maximum atomic E-state index is 11.6. The van der Waals surface area contributed by atoms with Gasteiger partial charge >= 0.3 is 5.97 Å². The molecule has 0 spiro atoms. The summed E-state index contributed by atoms with van der Waals surface area (Å²) in [6.45, 7) is 0. The van der Waals surface area contributed by atoms with Gasteiger partial charge in [-0.2, -0.15) is 0 Å². The standard InChI is InChI=1S/C11H21N3O3/c12-7-1-3-8(4-2-7)14-11(17)9(13)5-6-10(15)16/h7-9H,1-6,12-13H2,(H,14,17)(H,15,16). The lowest BCUT2D eigenvalue weighted by Crippen LogP contribution is -2.47. The first kappa shape index (κ1) is 13.9. The molecule has 98 valence electrons. The number of nitrogens with two attached hydrogens (primary N) is 2. The first-order chi connectivity index (χ1) is 7.99. The largest absolute Gasteiger partial charge is 0.481 e. The fourth-order valence-corrected chi connectivity index (χ4v) is 1.98. The lowest BCUT2D eigenvalue weighted by atomic mass is 9.91. The molecule has 1 aliphatic carbocycles. The summed E-state index contributed by atoms with van der Waals surface area (Å²) >= 11 is 0. The summed E-state index contributed by atoms with van der Waals surface area (Å²) in [6.07, 6.45) is 3.67. The summed E-state index contributed by atoms with van der Waals surface area (Å²) < 4.78 is 0. The van der Waals surface area contributed by atoms with Crippen molar-refractivity contribution in [2.24, 2.45) is 11.5 Å². The number of hydrogen-bond acceptors (Lipinski definition) is 4. The number of carboxylic acid groups (broad SMARTS) is 1. The third-order valence-electron chi connectivity index (χ3n) is 3.12. The molecule has 17 heavy (non-hydrogen) atoms. The molecular weight excluding hydrogens is 222 g/mol. The Morgan fingerprint density at radius 2 is 1.88 bits per heavy atom. The smallest absolute Gasteiger partial charge is 0.303 e. The third-order valence-corrected chi connectivity index (χ3v) is 3.12. The average Bonchev–Trinajstić information content (AvgIpc) is 2.28. The molecule has 1 aliphatic rings. The molecule has 1 saturated carbocycles. The van der Waals surface area contributed by atoms with E-state index in [1.165, 1.54) is 0 Å². The molecule has 0 aromatic carbocycles. The van der Waals surface area contributed by atoms with Crippen molar-refractivity contribution in [2.45, 2.75) is 56.7 Å². The van der Waals surface area contributed by atoms with Crippen LogP contribution in [0.2, 0.25) is 0 Å². The van der Waals surface area contributed by atoms with E-state index in [1.54, 1.807) is 0 Å². The van der Waals surface area contributed by atoms with Crippen molar-refractivity contribution >= 4 is 11.9 Å². The highest BCUT2D eigenvalue weighted by Crippen LogP contribution is 2.16. The Kier molecular flexibility index (Phi) is 5.37. The molecule has 1 fully saturated rings. The Morgan fingerprint density at radius 1 is 1.29 bits per heavy atom. The average molecular weight is 243 g/mol. The highest BCUT2D eigenvalue weighted by molar-refractivity contribution is 5.82. The van der Waals surface area contributed by atoms with Crippen LogP contribution >= 0.6 is 0 Å². The number of amides is 1. The summed E-state index contributed by atoms with van der Waals surface area (Å²) in [5, 5.41) is 11.3. The second-order valence-corrected chi connectivity index (χ2v) is 4.66. The Morgan fingerprint density at radius 3 is 2.41 bits per heavy atom. The molecule has 0 saturated heterocycles. The van der Waals surface area contributed by atoms with Gasteiger partial charge in [0, 0.05) is 18.5 Å². The van der Waals surface area contributed by atoms with Gasteiger partial charge in [0.25, 0.3) is 0 Å². The number of carbonyl (C=O) groups is 2. The number of rotatable bonds is 5. The zero-order valence-corrected chi connectivity index (χ0v) is 9.89. The SMILES string of the molecule is NC1CCC(NC(=O)C(N)CCC(=O)O)CC1. The van der Waals surface area contributed by atoms with Gasteiger partial charge in [-0.25, -0.2) is 0 Å². The fourth-order valence-electron chi connectivity index (χ4n) is 1.98. The molecule has 1 amide bonds. The van der Waals surface area contributed by atoms with Gasteiger partial charge in [0.05, 0.1) is 6.04 Å².